The van der Waals surface area contributed by atoms with Gasteiger partial charge in [-0.3, -0.25) is 0 Å². The molecule has 2 heterocycles. The van der Waals surface area contributed by atoms with Gasteiger partial charge >= 0.3 is 6.03 Å². The summed E-state index contributed by atoms with van der Waals surface area (Å²) in [5.74, 6) is 0. The van der Waals surface area contributed by atoms with Crippen molar-refractivity contribution < 1.29 is 4.79 Å². The average Bonchev–Trinajstić information content (AvgIpc) is 2.95. The highest BCUT2D eigenvalue weighted by Crippen LogP contribution is 2.17. The maximum absolute atomic E-state index is 11.5. The number of amides is 2. The van der Waals surface area contributed by atoms with Crippen LogP contribution in [-0.2, 0) is 6.42 Å². The van der Waals surface area contributed by atoms with Gasteiger partial charge in [-0.1, -0.05) is 0 Å². The smallest absolute Gasteiger partial charge is 0.314 e. The molecule has 2 aromatic rings. The van der Waals surface area contributed by atoms with Crippen LogP contribution in [-0.4, -0.2) is 33.4 Å². The van der Waals surface area contributed by atoms with E-state index in [1.165, 1.54) is 0 Å². The van der Waals surface area contributed by atoms with Crippen molar-refractivity contribution in [3.63, 3.8) is 0 Å². The number of hydrogen-bond donors (Lipinski definition) is 2. The molecule has 21 heavy (non-hydrogen) atoms. The third kappa shape index (κ3) is 4.29. The molecule has 0 aliphatic carbocycles. The molecule has 0 aliphatic rings. The molecule has 0 atom stereocenters. The molecule has 0 radical (unpaired) electrons. The number of hydrogen-bond acceptors (Lipinski definition) is 4. The summed E-state index contributed by atoms with van der Waals surface area (Å²) < 4.78 is 1.85. The molecule has 0 saturated carbocycles. The zero-order valence-electron chi connectivity index (χ0n) is 12.8. The van der Waals surface area contributed by atoms with Crippen LogP contribution < -0.4 is 10.6 Å². The maximum Gasteiger partial charge on any atom is 0.314 e. The second-order valence-electron chi connectivity index (χ2n) is 5.27. The molecule has 0 unspecified atom stereocenters. The second kappa shape index (κ2) is 6.71. The molecule has 114 valence electrons. The molecule has 7 heteroatoms. The van der Waals surface area contributed by atoms with Crippen molar-refractivity contribution in [3.05, 3.63) is 28.5 Å². The van der Waals surface area contributed by atoms with Crippen LogP contribution in [0.15, 0.2) is 11.4 Å². The Morgan fingerprint density at radius 1 is 1.43 bits per heavy atom. The molecule has 2 amide bonds. The van der Waals surface area contributed by atoms with Gasteiger partial charge in [-0.15, -0.1) is 11.3 Å². The van der Waals surface area contributed by atoms with E-state index >= 15 is 0 Å². The van der Waals surface area contributed by atoms with Crippen LogP contribution in [0.3, 0.4) is 0 Å². The standard InChI is InChI=1S/C14H21N5OS/c1-9(2)16-13(20)15-6-5-12-8-21-14(17-12)19-11(4)7-10(3)18-19/h7-9H,5-6H2,1-4H3,(H2,15,16,20). The minimum atomic E-state index is -0.140. The van der Waals surface area contributed by atoms with Gasteiger partial charge in [-0.05, 0) is 33.8 Å². The van der Waals surface area contributed by atoms with Gasteiger partial charge in [0.05, 0.1) is 11.4 Å². The molecule has 0 saturated heterocycles. The molecule has 0 bridgehead atoms. The molecule has 2 aromatic heterocycles. The van der Waals surface area contributed by atoms with E-state index < -0.39 is 0 Å². The van der Waals surface area contributed by atoms with Crippen LogP contribution in [0.2, 0.25) is 0 Å². The van der Waals surface area contributed by atoms with Gasteiger partial charge in [-0.25, -0.2) is 14.5 Å². The fourth-order valence-corrected chi connectivity index (χ4v) is 2.81. The lowest BCUT2D eigenvalue weighted by molar-refractivity contribution is 0.238. The van der Waals surface area contributed by atoms with Crippen molar-refractivity contribution in [1.82, 2.24) is 25.4 Å². The van der Waals surface area contributed by atoms with Crippen molar-refractivity contribution in [3.8, 4) is 5.13 Å². The summed E-state index contributed by atoms with van der Waals surface area (Å²) in [6.07, 6.45) is 0.710. The molecular formula is C14H21N5OS. The van der Waals surface area contributed by atoms with E-state index in [1.54, 1.807) is 11.3 Å². The van der Waals surface area contributed by atoms with Gasteiger partial charge in [0.1, 0.15) is 0 Å². The summed E-state index contributed by atoms with van der Waals surface area (Å²) in [6.45, 7) is 8.41. The summed E-state index contributed by atoms with van der Waals surface area (Å²) in [4.78, 5) is 16.0. The molecule has 2 rings (SSSR count). The highest BCUT2D eigenvalue weighted by atomic mass is 32.1. The number of rotatable bonds is 5. The predicted molar refractivity (Wildman–Crippen MR) is 84.1 cm³/mol. The van der Waals surface area contributed by atoms with Crippen LogP contribution in [0, 0.1) is 13.8 Å². The van der Waals surface area contributed by atoms with Crippen LogP contribution in [0.25, 0.3) is 5.13 Å². The van der Waals surface area contributed by atoms with Crippen LogP contribution in [0.4, 0.5) is 4.79 Å². The number of nitrogens with zero attached hydrogens (tertiary/aromatic N) is 3. The zero-order valence-corrected chi connectivity index (χ0v) is 13.6. The third-order valence-corrected chi connectivity index (χ3v) is 3.68. The Kier molecular flexibility index (Phi) is 4.95. The SMILES string of the molecule is Cc1cc(C)n(-c2nc(CCNC(=O)NC(C)C)cs2)n1. The van der Waals surface area contributed by atoms with E-state index in [0.717, 1.165) is 22.2 Å². The van der Waals surface area contributed by atoms with E-state index in [4.69, 9.17) is 0 Å². The number of carbonyl (C=O) groups excluding carboxylic acids is 1. The Labute approximate surface area is 128 Å². The largest absolute Gasteiger partial charge is 0.338 e. The highest BCUT2D eigenvalue weighted by molar-refractivity contribution is 7.12. The van der Waals surface area contributed by atoms with Crippen molar-refractivity contribution in [2.24, 2.45) is 0 Å². The fraction of sp³-hybridized carbons (Fsp3) is 0.500. The summed E-state index contributed by atoms with van der Waals surface area (Å²) in [6, 6.07) is 2.03. The first-order valence-electron chi connectivity index (χ1n) is 6.98. The normalized spacial score (nSPS) is 10.9. The number of aromatic nitrogens is 3. The van der Waals surface area contributed by atoms with E-state index in [9.17, 15) is 4.79 Å². The second-order valence-corrected chi connectivity index (χ2v) is 6.10. The predicted octanol–water partition coefficient (Wildman–Crippen LogP) is 2.20. The van der Waals surface area contributed by atoms with Gasteiger partial charge in [0, 0.05) is 30.1 Å². The molecule has 6 nitrogen and oxygen atoms in total. The number of nitrogens with one attached hydrogen (secondary N) is 2. The van der Waals surface area contributed by atoms with Crippen LogP contribution in [0.5, 0.6) is 0 Å². The van der Waals surface area contributed by atoms with Gasteiger partial charge in [0.2, 0.25) is 5.13 Å². The van der Waals surface area contributed by atoms with E-state index in [2.05, 4.69) is 20.7 Å². The van der Waals surface area contributed by atoms with Crippen molar-refractivity contribution in [2.45, 2.75) is 40.2 Å². The Hall–Kier alpha value is -1.89. The maximum atomic E-state index is 11.5. The highest BCUT2D eigenvalue weighted by Gasteiger charge is 2.09. The van der Waals surface area contributed by atoms with Crippen molar-refractivity contribution in [1.29, 1.82) is 0 Å². The van der Waals surface area contributed by atoms with Crippen molar-refractivity contribution >= 4 is 17.4 Å². The summed E-state index contributed by atoms with van der Waals surface area (Å²) in [5, 5.41) is 12.9. The number of aryl methyl sites for hydroxylation is 2. The fourth-order valence-electron chi connectivity index (χ4n) is 1.95. The van der Waals surface area contributed by atoms with E-state index in [1.807, 2.05) is 43.8 Å². The summed E-state index contributed by atoms with van der Waals surface area (Å²) >= 11 is 1.56. The van der Waals surface area contributed by atoms with Gasteiger partial charge < -0.3 is 10.6 Å². The molecule has 0 fully saturated rings. The molecule has 0 aliphatic heterocycles. The van der Waals surface area contributed by atoms with Gasteiger partial charge in [0.15, 0.2) is 0 Å². The lowest BCUT2D eigenvalue weighted by Gasteiger charge is -2.09. The first-order valence-corrected chi connectivity index (χ1v) is 7.86. The Bertz CT molecular complexity index is 617. The first-order chi connectivity index (χ1) is 9.95. The number of carbonyl (C=O) groups is 1. The topological polar surface area (TPSA) is 71.8 Å². The Balaban J connectivity index is 1.89. The number of thiazole rings is 1. The van der Waals surface area contributed by atoms with Crippen LogP contribution in [0.1, 0.15) is 30.9 Å². The average molecular weight is 307 g/mol. The molecule has 2 N–H and O–H groups in total. The van der Waals surface area contributed by atoms with E-state index in [-0.39, 0.29) is 12.1 Å². The lowest BCUT2D eigenvalue weighted by Crippen LogP contribution is -2.40. The quantitative estimate of drug-likeness (QED) is 0.889. The molecular weight excluding hydrogens is 286 g/mol. The van der Waals surface area contributed by atoms with E-state index in [0.29, 0.717) is 13.0 Å². The number of urea groups is 1. The lowest BCUT2D eigenvalue weighted by atomic mass is 10.3. The van der Waals surface area contributed by atoms with Crippen molar-refractivity contribution in [2.75, 3.05) is 6.54 Å². The van der Waals surface area contributed by atoms with Crippen LogP contribution >= 0.6 is 11.3 Å². The van der Waals surface area contributed by atoms with Gasteiger partial charge in [0.25, 0.3) is 0 Å². The first kappa shape index (κ1) is 15.5. The minimum absolute atomic E-state index is 0.140. The monoisotopic (exact) mass is 307 g/mol. The summed E-state index contributed by atoms with van der Waals surface area (Å²) in [7, 11) is 0. The zero-order chi connectivity index (χ0) is 15.4. The minimum Gasteiger partial charge on any atom is -0.338 e. The summed E-state index contributed by atoms with van der Waals surface area (Å²) in [5.41, 5.74) is 3.02. The third-order valence-electron chi connectivity index (χ3n) is 2.82. The Morgan fingerprint density at radius 2 is 2.19 bits per heavy atom. The molecule has 0 aromatic carbocycles. The van der Waals surface area contributed by atoms with Gasteiger partial charge in [-0.2, -0.15) is 5.10 Å². The Morgan fingerprint density at radius 3 is 2.81 bits per heavy atom. The molecule has 0 spiro atoms.